The zero-order valence-electron chi connectivity index (χ0n) is 14.3. The fourth-order valence-corrected chi connectivity index (χ4v) is 3.12. The number of carbonyl (C=O) groups is 2. The van der Waals surface area contributed by atoms with Crippen molar-refractivity contribution in [2.75, 3.05) is 11.1 Å². The number of nitrogens with one attached hydrogen (secondary N) is 2. The fourth-order valence-electron chi connectivity index (χ4n) is 2.43. The number of carbonyl (C=O) groups excluding carboxylic acids is 2. The van der Waals surface area contributed by atoms with Gasteiger partial charge >= 0.3 is 0 Å². The van der Waals surface area contributed by atoms with Crippen LogP contribution in [0.1, 0.15) is 28.4 Å². The van der Waals surface area contributed by atoms with Gasteiger partial charge in [0.25, 0.3) is 0 Å². The predicted octanol–water partition coefficient (Wildman–Crippen LogP) is 4.11. The van der Waals surface area contributed by atoms with Crippen molar-refractivity contribution in [1.29, 1.82) is 0 Å². The zero-order valence-corrected chi connectivity index (χ0v) is 15.2. The highest BCUT2D eigenvalue weighted by Gasteiger charge is 2.09. The van der Waals surface area contributed by atoms with Gasteiger partial charge in [-0.3, -0.25) is 9.59 Å². The summed E-state index contributed by atoms with van der Waals surface area (Å²) >= 11 is 1.36. The number of amides is 1. The van der Waals surface area contributed by atoms with Crippen LogP contribution in [0.5, 0.6) is 0 Å². The normalized spacial score (nSPS) is 10.8. The van der Waals surface area contributed by atoms with E-state index >= 15 is 0 Å². The second-order valence-electron chi connectivity index (χ2n) is 5.97. The Bertz CT molecular complexity index is 906. The Balaban J connectivity index is 1.61. The van der Waals surface area contributed by atoms with Crippen LogP contribution in [0.4, 0.5) is 5.69 Å². The van der Waals surface area contributed by atoms with E-state index in [-0.39, 0.29) is 17.4 Å². The van der Waals surface area contributed by atoms with Gasteiger partial charge < -0.3 is 10.3 Å². The summed E-state index contributed by atoms with van der Waals surface area (Å²) in [7, 11) is 0. The quantitative estimate of drug-likeness (QED) is 0.535. The number of aromatic nitrogens is 2. The molecule has 6 heteroatoms. The van der Waals surface area contributed by atoms with Gasteiger partial charge in [-0.25, -0.2) is 4.98 Å². The Morgan fingerprint density at radius 1 is 1.12 bits per heavy atom. The third kappa shape index (κ3) is 4.09. The summed E-state index contributed by atoms with van der Waals surface area (Å²) in [5.41, 5.74) is 5.59. The summed E-state index contributed by atoms with van der Waals surface area (Å²) in [6.07, 6.45) is 0. The lowest BCUT2D eigenvalue weighted by molar-refractivity contribution is -0.113. The summed E-state index contributed by atoms with van der Waals surface area (Å²) in [5, 5.41) is 3.54. The van der Waals surface area contributed by atoms with E-state index in [9.17, 15) is 9.59 Å². The zero-order chi connectivity index (χ0) is 18.0. The molecule has 0 radical (unpaired) electrons. The van der Waals surface area contributed by atoms with Crippen molar-refractivity contribution in [2.45, 2.75) is 25.9 Å². The molecule has 1 aromatic heterocycles. The molecule has 0 saturated carbocycles. The van der Waals surface area contributed by atoms with Gasteiger partial charge in [0, 0.05) is 11.3 Å². The molecule has 0 atom stereocenters. The van der Waals surface area contributed by atoms with E-state index in [0.29, 0.717) is 11.3 Å². The number of benzene rings is 2. The van der Waals surface area contributed by atoms with E-state index in [0.717, 1.165) is 16.2 Å². The average Bonchev–Trinajstić information content (AvgIpc) is 2.95. The number of H-pyrrole nitrogens is 1. The van der Waals surface area contributed by atoms with Gasteiger partial charge in [-0.05, 0) is 68.3 Å². The van der Waals surface area contributed by atoms with Gasteiger partial charge in [-0.2, -0.15) is 0 Å². The molecule has 3 aromatic rings. The monoisotopic (exact) mass is 353 g/mol. The highest BCUT2D eigenvalue weighted by molar-refractivity contribution is 7.99. The summed E-state index contributed by atoms with van der Waals surface area (Å²) in [6, 6.07) is 11.0. The number of aromatic amines is 1. The van der Waals surface area contributed by atoms with E-state index in [1.54, 1.807) is 24.3 Å². The second kappa shape index (κ2) is 7.11. The number of ketones is 1. The molecule has 128 valence electrons. The Morgan fingerprint density at radius 2 is 1.80 bits per heavy atom. The molecule has 0 bridgehead atoms. The van der Waals surface area contributed by atoms with E-state index in [2.05, 4.69) is 35.2 Å². The van der Waals surface area contributed by atoms with Crippen LogP contribution in [0.15, 0.2) is 41.6 Å². The molecule has 0 aliphatic rings. The summed E-state index contributed by atoms with van der Waals surface area (Å²) < 4.78 is 0. The van der Waals surface area contributed by atoms with Crippen molar-refractivity contribution in [3.05, 3.63) is 53.1 Å². The Labute approximate surface area is 150 Å². The first-order valence-corrected chi connectivity index (χ1v) is 8.91. The lowest BCUT2D eigenvalue weighted by Crippen LogP contribution is -2.14. The lowest BCUT2D eigenvalue weighted by atomic mass is 10.1. The average molecular weight is 353 g/mol. The van der Waals surface area contributed by atoms with Crippen LogP contribution < -0.4 is 5.32 Å². The van der Waals surface area contributed by atoms with Gasteiger partial charge in [-0.1, -0.05) is 11.8 Å². The largest absolute Gasteiger partial charge is 0.333 e. The van der Waals surface area contributed by atoms with Crippen molar-refractivity contribution < 1.29 is 9.59 Å². The molecule has 1 amide bonds. The van der Waals surface area contributed by atoms with Crippen molar-refractivity contribution in [3.8, 4) is 0 Å². The van der Waals surface area contributed by atoms with E-state index < -0.39 is 0 Å². The summed E-state index contributed by atoms with van der Waals surface area (Å²) in [6.45, 7) is 5.63. The fraction of sp³-hybridized carbons (Fsp3) is 0.211. The van der Waals surface area contributed by atoms with Gasteiger partial charge in [0.2, 0.25) is 5.91 Å². The second-order valence-corrected chi connectivity index (χ2v) is 6.93. The maximum Gasteiger partial charge on any atom is 0.234 e. The number of thioether (sulfide) groups is 1. The first-order chi connectivity index (χ1) is 11.9. The number of anilines is 1. The van der Waals surface area contributed by atoms with Crippen LogP contribution in [-0.4, -0.2) is 27.4 Å². The first kappa shape index (κ1) is 17.2. The third-order valence-electron chi connectivity index (χ3n) is 3.99. The molecule has 0 aliphatic heterocycles. The predicted molar refractivity (Wildman–Crippen MR) is 101 cm³/mol. The molecule has 0 saturated heterocycles. The summed E-state index contributed by atoms with van der Waals surface area (Å²) in [4.78, 5) is 31.1. The molecular formula is C19H19N3O2S. The molecule has 25 heavy (non-hydrogen) atoms. The van der Waals surface area contributed by atoms with Crippen molar-refractivity contribution in [1.82, 2.24) is 9.97 Å². The van der Waals surface area contributed by atoms with E-state index in [1.807, 2.05) is 6.07 Å². The number of hydrogen-bond acceptors (Lipinski definition) is 4. The molecule has 0 unspecified atom stereocenters. The molecule has 3 rings (SSSR count). The number of aryl methyl sites for hydroxylation is 2. The molecule has 5 nitrogen and oxygen atoms in total. The highest BCUT2D eigenvalue weighted by atomic mass is 32.2. The van der Waals surface area contributed by atoms with Crippen LogP contribution in [0.25, 0.3) is 11.0 Å². The SMILES string of the molecule is CC(=O)c1ccc(NC(=O)CSc2nc3cc(C)c(C)cc3[nH]2)cc1. The van der Waals surface area contributed by atoms with Crippen LogP contribution in [0.3, 0.4) is 0 Å². The molecule has 0 spiro atoms. The smallest absolute Gasteiger partial charge is 0.234 e. The van der Waals surface area contributed by atoms with Gasteiger partial charge in [0.15, 0.2) is 10.9 Å². The molecular weight excluding hydrogens is 334 g/mol. The Hall–Kier alpha value is -2.60. The number of hydrogen-bond donors (Lipinski definition) is 2. The molecule has 2 aromatic carbocycles. The molecule has 1 heterocycles. The standard InChI is InChI=1S/C19H19N3O2S/c1-11-8-16-17(9-12(11)2)22-19(21-16)25-10-18(24)20-15-6-4-14(5-7-15)13(3)23/h4-9H,10H2,1-3H3,(H,20,24)(H,21,22). The van der Waals surface area contributed by atoms with Crippen LogP contribution >= 0.6 is 11.8 Å². The van der Waals surface area contributed by atoms with Crippen LogP contribution in [-0.2, 0) is 4.79 Å². The van der Waals surface area contributed by atoms with Gasteiger partial charge in [-0.15, -0.1) is 0 Å². The van der Waals surface area contributed by atoms with E-state index in [1.165, 1.54) is 29.8 Å². The van der Waals surface area contributed by atoms with Crippen molar-refractivity contribution >= 4 is 40.2 Å². The lowest BCUT2D eigenvalue weighted by Gasteiger charge is -2.04. The minimum absolute atomic E-state index is 0.00351. The topological polar surface area (TPSA) is 74.8 Å². The minimum Gasteiger partial charge on any atom is -0.333 e. The number of fused-ring (bicyclic) bond motifs is 1. The summed E-state index contributed by atoms with van der Waals surface area (Å²) in [5.74, 6) is 0.142. The minimum atomic E-state index is -0.117. The number of Topliss-reactive ketones (excluding diaryl/α,β-unsaturated/α-hetero) is 1. The highest BCUT2D eigenvalue weighted by Crippen LogP contribution is 2.22. The Morgan fingerprint density at radius 3 is 2.48 bits per heavy atom. The maximum absolute atomic E-state index is 12.1. The van der Waals surface area contributed by atoms with Crippen molar-refractivity contribution in [2.24, 2.45) is 0 Å². The van der Waals surface area contributed by atoms with Crippen LogP contribution in [0.2, 0.25) is 0 Å². The van der Waals surface area contributed by atoms with Crippen LogP contribution in [0, 0.1) is 13.8 Å². The number of nitrogens with zero attached hydrogens (tertiary/aromatic N) is 1. The van der Waals surface area contributed by atoms with Gasteiger partial charge in [0.05, 0.1) is 16.8 Å². The Kier molecular flexibility index (Phi) is 4.90. The maximum atomic E-state index is 12.1. The number of rotatable bonds is 5. The molecule has 0 aliphatic carbocycles. The van der Waals surface area contributed by atoms with Gasteiger partial charge in [0.1, 0.15) is 0 Å². The molecule has 2 N–H and O–H groups in total. The van der Waals surface area contributed by atoms with E-state index in [4.69, 9.17) is 0 Å². The van der Waals surface area contributed by atoms with Crippen molar-refractivity contribution in [3.63, 3.8) is 0 Å². The number of imidazole rings is 1. The third-order valence-corrected chi connectivity index (χ3v) is 4.86. The molecule has 0 fully saturated rings. The first-order valence-electron chi connectivity index (χ1n) is 7.93.